The first-order valence-electron chi connectivity index (χ1n) is 14.1. The zero-order valence-corrected chi connectivity index (χ0v) is 24.2. The summed E-state index contributed by atoms with van der Waals surface area (Å²) in [4.78, 5) is 33.6. The average Bonchev–Trinajstić information content (AvgIpc) is 3.82. The average molecular weight is 628 g/mol. The summed E-state index contributed by atoms with van der Waals surface area (Å²) >= 11 is 1.39. The molecule has 3 aliphatic rings. The van der Waals surface area contributed by atoms with E-state index in [0.717, 1.165) is 5.56 Å². The molecule has 0 radical (unpaired) electrons. The smallest absolute Gasteiger partial charge is 0.416 e. The molecule has 44 heavy (non-hydrogen) atoms. The molecule has 6 rings (SSSR count). The lowest BCUT2D eigenvalue weighted by atomic mass is 10.0. The van der Waals surface area contributed by atoms with Crippen LogP contribution in [0.25, 0.3) is 0 Å². The standard InChI is InChI=1S/C31H29F4N5O3S/c32-23-8-4-5-9-24(23)38-30(42)40-14-12-39(13-15-40)25-11-10-20(17-36-25)37-28(41)27-26(31(33,34)35)21-16-22(21)29(43-27)44-18-19-6-2-1-3-7-19/h1-11,17,21-22,29H,12-16,18H2,(H,37,41)(H,38,42). The van der Waals surface area contributed by atoms with Gasteiger partial charge in [-0.05, 0) is 36.2 Å². The molecule has 8 nitrogen and oxygen atoms in total. The van der Waals surface area contributed by atoms with Gasteiger partial charge in [0.15, 0.2) is 5.76 Å². The van der Waals surface area contributed by atoms with Crippen molar-refractivity contribution in [1.82, 2.24) is 9.88 Å². The molecule has 0 spiro atoms. The number of allylic oxidation sites excluding steroid dienone is 1. The van der Waals surface area contributed by atoms with Crippen LogP contribution in [-0.2, 0) is 15.3 Å². The molecule has 1 aliphatic carbocycles. The third-order valence-electron chi connectivity index (χ3n) is 7.82. The minimum atomic E-state index is -4.68. The maximum atomic E-state index is 14.0. The number of ether oxygens (including phenoxy) is 1. The van der Waals surface area contributed by atoms with Crippen LogP contribution in [0.2, 0.25) is 0 Å². The highest BCUT2D eigenvalue weighted by Gasteiger charge is 2.59. The number of thioether (sulfide) groups is 1. The number of hydrogen-bond donors (Lipinski definition) is 2. The maximum absolute atomic E-state index is 14.0. The van der Waals surface area contributed by atoms with Crippen molar-refractivity contribution in [3.8, 4) is 0 Å². The molecule has 3 atom stereocenters. The van der Waals surface area contributed by atoms with Gasteiger partial charge in [0.05, 0.1) is 23.1 Å². The number of benzene rings is 2. The Morgan fingerprint density at radius 1 is 0.955 bits per heavy atom. The number of halogens is 4. The van der Waals surface area contributed by atoms with Gasteiger partial charge in [-0.15, -0.1) is 11.8 Å². The lowest BCUT2D eigenvalue weighted by molar-refractivity contribution is -0.123. The van der Waals surface area contributed by atoms with Crippen LogP contribution in [0.5, 0.6) is 0 Å². The third kappa shape index (κ3) is 6.62. The molecular weight excluding hydrogens is 598 g/mol. The van der Waals surface area contributed by atoms with Gasteiger partial charge in [0.2, 0.25) is 0 Å². The van der Waals surface area contributed by atoms with Gasteiger partial charge in [-0.3, -0.25) is 4.79 Å². The van der Waals surface area contributed by atoms with Crippen molar-refractivity contribution in [2.45, 2.75) is 23.8 Å². The number of para-hydroxylation sites is 1. The van der Waals surface area contributed by atoms with Crippen LogP contribution in [-0.4, -0.2) is 59.6 Å². The topological polar surface area (TPSA) is 86.8 Å². The number of nitrogens with one attached hydrogen (secondary N) is 2. The van der Waals surface area contributed by atoms with E-state index in [1.807, 2.05) is 35.2 Å². The van der Waals surface area contributed by atoms with Crippen LogP contribution >= 0.6 is 11.8 Å². The summed E-state index contributed by atoms with van der Waals surface area (Å²) < 4.78 is 61.7. The predicted octanol–water partition coefficient (Wildman–Crippen LogP) is 6.26. The van der Waals surface area contributed by atoms with Gasteiger partial charge >= 0.3 is 12.2 Å². The van der Waals surface area contributed by atoms with E-state index in [9.17, 15) is 27.2 Å². The normalized spacial score (nSPS) is 21.3. The number of hydrogen-bond acceptors (Lipinski definition) is 6. The van der Waals surface area contributed by atoms with E-state index in [2.05, 4.69) is 15.6 Å². The Morgan fingerprint density at radius 3 is 2.36 bits per heavy atom. The Hall–Kier alpha value is -4.26. The van der Waals surface area contributed by atoms with Crippen LogP contribution < -0.4 is 15.5 Å². The Labute approximate surface area is 255 Å². The molecule has 0 bridgehead atoms. The molecule has 2 N–H and O–H groups in total. The van der Waals surface area contributed by atoms with E-state index >= 15 is 0 Å². The molecular formula is C31H29F4N5O3S. The Morgan fingerprint density at radius 2 is 1.68 bits per heavy atom. The molecule has 1 saturated heterocycles. The fourth-order valence-electron chi connectivity index (χ4n) is 5.44. The molecule has 3 amide bonds. The van der Waals surface area contributed by atoms with E-state index in [4.69, 9.17) is 4.74 Å². The molecule has 1 saturated carbocycles. The Kier molecular flexibility index (Phi) is 8.39. The van der Waals surface area contributed by atoms with Crippen molar-refractivity contribution < 1.29 is 31.9 Å². The van der Waals surface area contributed by atoms with Crippen LogP contribution in [0.15, 0.2) is 84.3 Å². The number of carbonyl (C=O) groups excluding carboxylic acids is 2. The Balaban J connectivity index is 1.06. The van der Waals surface area contributed by atoms with Gasteiger partial charge in [0.25, 0.3) is 5.91 Å². The van der Waals surface area contributed by atoms with Crippen LogP contribution in [0.4, 0.5) is 39.5 Å². The van der Waals surface area contributed by atoms with Gasteiger partial charge in [-0.2, -0.15) is 13.2 Å². The molecule has 1 aromatic heterocycles. The molecule has 2 aromatic carbocycles. The number of fused-ring (bicyclic) bond motifs is 1. The third-order valence-corrected chi connectivity index (χ3v) is 9.09. The number of anilines is 3. The van der Waals surface area contributed by atoms with Crippen molar-refractivity contribution in [2.75, 3.05) is 41.7 Å². The van der Waals surface area contributed by atoms with E-state index < -0.39 is 46.6 Å². The fourth-order valence-corrected chi connectivity index (χ4v) is 6.70. The summed E-state index contributed by atoms with van der Waals surface area (Å²) in [5.74, 6) is -2.07. The lowest BCUT2D eigenvalue weighted by Gasteiger charge is -2.35. The number of aromatic nitrogens is 1. The van der Waals surface area contributed by atoms with E-state index in [0.29, 0.717) is 44.2 Å². The van der Waals surface area contributed by atoms with Gasteiger partial charge in [0.1, 0.15) is 17.1 Å². The maximum Gasteiger partial charge on any atom is 0.416 e. The lowest BCUT2D eigenvalue weighted by Crippen LogP contribution is -2.50. The van der Waals surface area contributed by atoms with Crippen molar-refractivity contribution in [3.63, 3.8) is 0 Å². The molecule has 13 heteroatoms. The van der Waals surface area contributed by atoms with Gasteiger partial charge < -0.3 is 25.2 Å². The minimum absolute atomic E-state index is 0.106. The molecule has 3 aromatic rings. The largest absolute Gasteiger partial charge is 0.473 e. The molecule has 3 heterocycles. The predicted molar refractivity (Wildman–Crippen MR) is 159 cm³/mol. The number of pyridine rings is 1. The number of carbonyl (C=O) groups is 2. The van der Waals surface area contributed by atoms with Crippen LogP contribution in [0.3, 0.4) is 0 Å². The highest BCUT2D eigenvalue weighted by molar-refractivity contribution is 7.99. The van der Waals surface area contributed by atoms with Crippen LogP contribution in [0, 0.1) is 17.7 Å². The van der Waals surface area contributed by atoms with Crippen molar-refractivity contribution in [2.24, 2.45) is 11.8 Å². The first-order chi connectivity index (χ1) is 21.2. The summed E-state index contributed by atoms with van der Waals surface area (Å²) in [6.45, 7) is 1.67. The number of rotatable bonds is 7. The second-order valence-corrected chi connectivity index (χ2v) is 11.9. The summed E-state index contributed by atoms with van der Waals surface area (Å²) in [7, 11) is 0. The van der Waals surface area contributed by atoms with E-state index in [1.165, 1.54) is 30.1 Å². The molecule has 3 unspecified atom stereocenters. The van der Waals surface area contributed by atoms with Crippen molar-refractivity contribution >= 4 is 40.9 Å². The van der Waals surface area contributed by atoms with Gasteiger partial charge in [0, 0.05) is 43.8 Å². The monoisotopic (exact) mass is 627 g/mol. The Bertz CT molecular complexity index is 1550. The number of nitrogens with zero attached hydrogens (tertiary/aromatic N) is 3. The highest BCUT2D eigenvalue weighted by atomic mass is 32.2. The van der Waals surface area contributed by atoms with E-state index in [1.54, 1.807) is 29.2 Å². The number of urea groups is 1. The quantitative estimate of drug-likeness (QED) is 0.301. The van der Waals surface area contributed by atoms with Crippen LogP contribution in [0.1, 0.15) is 12.0 Å². The molecule has 2 aliphatic heterocycles. The minimum Gasteiger partial charge on any atom is -0.473 e. The first kappa shape index (κ1) is 29.8. The fraction of sp³-hybridized carbons (Fsp3) is 0.323. The summed E-state index contributed by atoms with van der Waals surface area (Å²) in [6, 6.07) is 18.3. The number of piperazine rings is 1. The highest BCUT2D eigenvalue weighted by Crippen LogP contribution is 2.59. The first-order valence-corrected chi connectivity index (χ1v) is 15.2. The van der Waals surface area contributed by atoms with Crippen molar-refractivity contribution in [3.05, 3.63) is 95.6 Å². The summed E-state index contributed by atoms with van der Waals surface area (Å²) in [5.41, 5.74) is -0.105. The van der Waals surface area contributed by atoms with Gasteiger partial charge in [-0.1, -0.05) is 42.5 Å². The van der Waals surface area contributed by atoms with Gasteiger partial charge in [-0.25, -0.2) is 14.2 Å². The summed E-state index contributed by atoms with van der Waals surface area (Å²) in [5, 5.41) is 5.10. The second kappa shape index (κ2) is 12.4. The van der Waals surface area contributed by atoms with Crippen molar-refractivity contribution in [1.29, 1.82) is 0 Å². The SMILES string of the molecule is O=C(Nc1ccc(N2CCN(C(=O)Nc3ccccc3F)CC2)nc1)C1=C(C(F)(F)F)C2CC2C(SCc2ccccc2)O1. The molecule has 2 fully saturated rings. The number of amides is 3. The molecule has 230 valence electrons. The number of alkyl halides is 3. The van der Waals surface area contributed by atoms with E-state index in [-0.39, 0.29) is 17.3 Å². The zero-order chi connectivity index (χ0) is 30.8. The zero-order valence-electron chi connectivity index (χ0n) is 23.4. The summed E-state index contributed by atoms with van der Waals surface area (Å²) in [6.07, 6.45) is -2.98. The second-order valence-electron chi connectivity index (χ2n) is 10.8.